The van der Waals surface area contributed by atoms with Crippen LogP contribution in [0.3, 0.4) is 0 Å². The predicted molar refractivity (Wildman–Crippen MR) is 124 cm³/mol. The molecule has 1 saturated heterocycles. The summed E-state index contributed by atoms with van der Waals surface area (Å²) >= 11 is 1.56. The smallest absolute Gasteiger partial charge is 0.410 e. The highest BCUT2D eigenvalue weighted by Crippen LogP contribution is 2.32. The van der Waals surface area contributed by atoms with Crippen LogP contribution in [-0.2, 0) is 4.74 Å². The highest BCUT2D eigenvalue weighted by molar-refractivity contribution is 7.95. The number of ether oxygens (including phenoxy) is 2. The summed E-state index contributed by atoms with van der Waals surface area (Å²) in [4.78, 5) is 18.6. The van der Waals surface area contributed by atoms with E-state index in [4.69, 9.17) is 9.47 Å². The van der Waals surface area contributed by atoms with E-state index in [1.54, 1.807) is 30.3 Å². The molecule has 1 fully saturated rings. The van der Waals surface area contributed by atoms with Crippen LogP contribution in [-0.4, -0.2) is 53.6 Å². The molecule has 0 bridgehead atoms. The second-order valence-electron chi connectivity index (χ2n) is 7.77. The van der Waals surface area contributed by atoms with E-state index in [1.165, 1.54) is 5.57 Å². The maximum absolute atomic E-state index is 12.4. The Morgan fingerprint density at radius 3 is 3.22 bits per heavy atom. The third-order valence-electron chi connectivity index (χ3n) is 5.70. The van der Waals surface area contributed by atoms with E-state index >= 15 is 0 Å². The first kappa shape index (κ1) is 20.7. The third kappa shape index (κ3) is 4.26. The first-order valence-corrected chi connectivity index (χ1v) is 11.4. The van der Waals surface area contributed by atoms with Crippen molar-refractivity contribution in [3.63, 3.8) is 0 Å². The number of carbonyl (C=O) groups excluding carboxylic acids is 1. The van der Waals surface area contributed by atoms with E-state index in [0.29, 0.717) is 13.1 Å². The van der Waals surface area contributed by atoms with Gasteiger partial charge in [0, 0.05) is 42.6 Å². The Labute approximate surface area is 191 Å². The maximum atomic E-state index is 12.4. The Hall–Kier alpha value is -3.17. The lowest BCUT2D eigenvalue weighted by atomic mass is 10.0. The summed E-state index contributed by atoms with van der Waals surface area (Å²) in [6.45, 7) is 2.82. The van der Waals surface area contributed by atoms with Gasteiger partial charge in [-0.1, -0.05) is 0 Å². The van der Waals surface area contributed by atoms with Gasteiger partial charge in [-0.05, 0) is 55.0 Å². The molecule has 0 radical (unpaired) electrons. The van der Waals surface area contributed by atoms with Crippen molar-refractivity contribution in [2.45, 2.75) is 12.5 Å². The molecule has 5 rings (SSSR count). The standard InChI is InChI=1S/C23H25N5O3S/c1-30-18-3-4-21-20(12-18)19(5-8-25-21)22-15-27(23(29)31-22)9-2-7-24-13-16-6-10-28-17(11-16)14-26-32-28/h3-6,8,10-12,14,22,24,26H,2,7,9,13,15H2,1H3/t22-/m0/s1. The van der Waals surface area contributed by atoms with Crippen molar-refractivity contribution in [2.24, 2.45) is 0 Å². The fourth-order valence-electron chi connectivity index (χ4n) is 4.03. The highest BCUT2D eigenvalue weighted by Gasteiger charge is 2.33. The average Bonchev–Trinajstić information content (AvgIpc) is 3.44. The maximum Gasteiger partial charge on any atom is 0.410 e. The van der Waals surface area contributed by atoms with E-state index in [2.05, 4.69) is 37.7 Å². The van der Waals surface area contributed by atoms with Crippen LogP contribution in [0.1, 0.15) is 18.1 Å². The number of hydrogen-bond donors (Lipinski definition) is 2. The molecule has 2 N–H and O–H groups in total. The van der Waals surface area contributed by atoms with Gasteiger partial charge in [0.1, 0.15) is 11.9 Å². The van der Waals surface area contributed by atoms with Crippen LogP contribution >= 0.6 is 12.1 Å². The SMILES string of the molecule is COc1ccc2nccc([C@@H]3CN(CCCNCC4=CC5=CNSN5C=C4)C(=O)O3)c2c1. The third-order valence-corrected chi connectivity index (χ3v) is 6.45. The molecule has 3 aliphatic heterocycles. The minimum Gasteiger partial charge on any atom is -0.497 e. The average molecular weight is 452 g/mol. The zero-order valence-corrected chi connectivity index (χ0v) is 18.6. The zero-order chi connectivity index (χ0) is 21.9. The summed E-state index contributed by atoms with van der Waals surface area (Å²) in [6, 6.07) is 7.67. The molecule has 1 atom stereocenters. The van der Waals surface area contributed by atoms with Gasteiger partial charge in [-0.3, -0.25) is 9.29 Å². The minimum absolute atomic E-state index is 0.265. The van der Waals surface area contributed by atoms with Crippen molar-refractivity contribution in [1.82, 2.24) is 24.2 Å². The number of benzene rings is 1. The normalized spacial score (nSPS) is 19.5. The van der Waals surface area contributed by atoms with Crippen molar-refractivity contribution >= 4 is 29.1 Å². The molecular formula is C23H25N5O3S. The highest BCUT2D eigenvalue weighted by atomic mass is 32.2. The second-order valence-corrected chi connectivity index (χ2v) is 8.58. The molecular weight excluding hydrogens is 426 g/mol. The van der Waals surface area contributed by atoms with E-state index in [-0.39, 0.29) is 12.2 Å². The van der Waals surface area contributed by atoms with Crippen molar-refractivity contribution in [2.75, 3.05) is 33.3 Å². The topological polar surface area (TPSA) is 79.0 Å². The Morgan fingerprint density at radius 2 is 2.31 bits per heavy atom. The number of methoxy groups -OCH3 is 1. The van der Waals surface area contributed by atoms with Crippen LogP contribution in [0.5, 0.6) is 5.75 Å². The van der Waals surface area contributed by atoms with Crippen LogP contribution in [0.4, 0.5) is 4.79 Å². The van der Waals surface area contributed by atoms with Crippen LogP contribution in [0.15, 0.2) is 66.3 Å². The summed E-state index contributed by atoms with van der Waals surface area (Å²) in [6.07, 6.45) is 10.4. The summed E-state index contributed by atoms with van der Waals surface area (Å²) < 4.78 is 16.3. The number of carbonyl (C=O) groups is 1. The van der Waals surface area contributed by atoms with Gasteiger partial charge in [0.15, 0.2) is 0 Å². The van der Waals surface area contributed by atoms with Crippen molar-refractivity contribution in [1.29, 1.82) is 0 Å². The van der Waals surface area contributed by atoms with E-state index < -0.39 is 0 Å². The number of fused-ring (bicyclic) bond motifs is 2. The van der Waals surface area contributed by atoms with Gasteiger partial charge in [-0.15, -0.1) is 0 Å². The Balaban J connectivity index is 1.13. The molecule has 1 amide bonds. The molecule has 0 aliphatic carbocycles. The lowest BCUT2D eigenvalue weighted by Gasteiger charge is -2.18. The van der Waals surface area contributed by atoms with Crippen molar-refractivity contribution in [3.8, 4) is 5.75 Å². The van der Waals surface area contributed by atoms with Gasteiger partial charge in [0.05, 0.1) is 37.0 Å². The molecule has 4 heterocycles. The first-order valence-electron chi connectivity index (χ1n) is 10.6. The number of hydrogen-bond acceptors (Lipinski definition) is 8. The number of cyclic esters (lactones) is 1. The Bertz CT molecular complexity index is 1120. The first-order chi connectivity index (χ1) is 15.7. The van der Waals surface area contributed by atoms with Crippen LogP contribution < -0.4 is 14.8 Å². The molecule has 8 nitrogen and oxygen atoms in total. The number of nitrogens with zero attached hydrogens (tertiary/aromatic N) is 3. The molecule has 166 valence electrons. The number of nitrogens with one attached hydrogen (secondary N) is 2. The number of rotatable bonds is 8. The summed E-state index contributed by atoms with van der Waals surface area (Å²) in [5.74, 6) is 0.758. The fraction of sp³-hybridized carbons (Fsp3) is 0.304. The largest absolute Gasteiger partial charge is 0.497 e. The Morgan fingerprint density at radius 1 is 1.38 bits per heavy atom. The van der Waals surface area contributed by atoms with Crippen molar-refractivity contribution < 1.29 is 14.3 Å². The van der Waals surface area contributed by atoms with E-state index in [0.717, 1.165) is 47.4 Å². The Kier molecular flexibility index (Phi) is 5.91. The molecule has 3 aliphatic rings. The number of pyridine rings is 1. The molecule has 2 aromatic rings. The number of aromatic nitrogens is 1. The van der Waals surface area contributed by atoms with Gasteiger partial charge in [-0.2, -0.15) is 0 Å². The lowest BCUT2D eigenvalue weighted by molar-refractivity contribution is 0.133. The van der Waals surface area contributed by atoms with Crippen LogP contribution in [0, 0.1) is 0 Å². The number of amides is 1. The van der Waals surface area contributed by atoms with Crippen LogP contribution in [0.2, 0.25) is 0 Å². The van der Waals surface area contributed by atoms with E-state index in [9.17, 15) is 4.79 Å². The summed E-state index contributed by atoms with van der Waals surface area (Å²) in [5, 5.41) is 4.41. The van der Waals surface area contributed by atoms with Gasteiger partial charge >= 0.3 is 6.09 Å². The van der Waals surface area contributed by atoms with Gasteiger partial charge < -0.3 is 24.4 Å². The van der Waals surface area contributed by atoms with Crippen molar-refractivity contribution in [3.05, 3.63) is 71.8 Å². The van der Waals surface area contributed by atoms with Gasteiger partial charge in [0.2, 0.25) is 0 Å². The summed E-state index contributed by atoms with van der Waals surface area (Å²) in [5.41, 5.74) is 4.21. The molecule has 0 spiro atoms. The van der Waals surface area contributed by atoms with E-state index in [1.807, 2.05) is 30.5 Å². The van der Waals surface area contributed by atoms with Gasteiger partial charge in [0.25, 0.3) is 0 Å². The quantitative estimate of drug-likeness (QED) is 0.467. The monoisotopic (exact) mass is 451 g/mol. The second kappa shape index (κ2) is 9.13. The molecule has 1 aromatic heterocycles. The molecule has 0 unspecified atom stereocenters. The predicted octanol–water partition coefficient (Wildman–Crippen LogP) is 3.48. The minimum atomic E-state index is -0.306. The van der Waals surface area contributed by atoms with Crippen LogP contribution in [0.25, 0.3) is 10.9 Å². The summed E-state index contributed by atoms with van der Waals surface area (Å²) in [7, 11) is 1.64. The fourth-order valence-corrected chi connectivity index (χ4v) is 4.65. The molecule has 0 saturated carbocycles. The molecule has 1 aromatic carbocycles. The molecule has 32 heavy (non-hydrogen) atoms. The molecule has 9 heteroatoms. The number of allylic oxidation sites excluding steroid dienone is 1. The lowest BCUT2D eigenvalue weighted by Crippen LogP contribution is -2.29. The van der Waals surface area contributed by atoms with Gasteiger partial charge in [-0.25, -0.2) is 4.79 Å². The zero-order valence-electron chi connectivity index (χ0n) is 17.8.